The number of fused-ring (bicyclic) bond motifs is 3. The van der Waals surface area contributed by atoms with Crippen molar-refractivity contribution in [2.75, 3.05) is 11.9 Å². The SMILES string of the molecule is CCOC(=O)c1cccc(NC(=O)[C@H](C)n2c3ccccc3c3nc(=O)cc(C)n32)c1. The fourth-order valence-corrected chi connectivity index (χ4v) is 3.69. The van der Waals surface area contributed by atoms with Crippen molar-refractivity contribution in [1.82, 2.24) is 14.2 Å². The maximum atomic E-state index is 13.1. The van der Waals surface area contributed by atoms with Crippen molar-refractivity contribution in [1.29, 1.82) is 0 Å². The van der Waals surface area contributed by atoms with E-state index in [-0.39, 0.29) is 18.1 Å². The summed E-state index contributed by atoms with van der Waals surface area (Å²) >= 11 is 0. The molecular weight excluding hydrogens is 396 g/mol. The number of nitrogens with one attached hydrogen (secondary N) is 1. The van der Waals surface area contributed by atoms with Crippen molar-refractivity contribution >= 4 is 34.1 Å². The molecule has 0 spiro atoms. The van der Waals surface area contributed by atoms with E-state index in [1.165, 1.54) is 6.07 Å². The van der Waals surface area contributed by atoms with Gasteiger partial charge in [0.1, 0.15) is 6.04 Å². The quantitative estimate of drug-likeness (QED) is 0.502. The maximum absolute atomic E-state index is 13.1. The molecule has 2 heterocycles. The molecule has 1 N–H and O–H groups in total. The number of hydrogen-bond acceptors (Lipinski definition) is 5. The predicted octanol–water partition coefficient (Wildman–Crippen LogP) is 3.33. The molecule has 8 nitrogen and oxygen atoms in total. The Morgan fingerprint density at radius 1 is 1.13 bits per heavy atom. The number of aromatic nitrogens is 3. The first kappa shape index (κ1) is 20.3. The minimum absolute atomic E-state index is 0.274. The standard InChI is InChI=1S/C23H22N4O4/c1-4-31-23(30)16-8-7-9-17(13-16)24-22(29)15(3)27-19-11-6-5-10-18(19)21-25-20(28)12-14(2)26(21)27/h5-13,15H,4H2,1-3H3,(H,24,29)/t15-/m0/s1. The van der Waals surface area contributed by atoms with E-state index in [0.29, 0.717) is 22.6 Å². The van der Waals surface area contributed by atoms with Gasteiger partial charge in [-0.2, -0.15) is 4.98 Å². The zero-order valence-corrected chi connectivity index (χ0v) is 17.5. The Bertz CT molecular complexity index is 1370. The van der Waals surface area contributed by atoms with Gasteiger partial charge in [0.2, 0.25) is 5.91 Å². The first-order valence-corrected chi connectivity index (χ1v) is 9.98. The summed E-state index contributed by atoms with van der Waals surface area (Å²) in [7, 11) is 0. The fraction of sp³-hybridized carbons (Fsp3) is 0.217. The molecule has 4 rings (SSSR count). The van der Waals surface area contributed by atoms with Gasteiger partial charge in [-0.3, -0.25) is 14.3 Å². The molecule has 4 aromatic rings. The number of nitrogens with zero attached hydrogens (tertiary/aromatic N) is 3. The molecule has 8 heteroatoms. The molecule has 0 bridgehead atoms. The molecule has 2 aromatic heterocycles. The number of rotatable bonds is 5. The van der Waals surface area contributed by atoms with Crippen LogP contribution < -0.4 is 10.9 Å². The number of carbonyl (C=O) groups is 2. The zero-order chi connectivity index (χ0) is 22.1. The van der Waals surface area contributed by atoms with Gasteiger partial charge in [0.05, 0.1) is 17.7 Å². The fourth-order valence-electron chi connectivity index (χ4n) is 3.69. The Labute approximate surface area is 178 Å². The van der Waals surface area contributed by atoms with Gasteiger partial charge in [-0.15, -0.1) is 0 Å². The number of hydrogen-bond donors (Lipinski definition) is 1. The molecule has 0 saturated carbocycles. The lowest BCUT2D eigenvalue weighted by Crippen LogP contribution is -2.27. The molecule has 0 aliphatic rings. The van der Waals surface area contributed by atoms with E-state index in [4.69, 9.17) is 4.74 Å². The van der Waals surface area contributed by atoms with E-state index in [9.17, 15) is 14.4 Å². The van der Waals surface area contributed by atoms with Crippen LogP contribution in [0.4, 0.5) is 5.69 Å². The lowest BCUT2D eigenvalue weighted by atomic mass is 10.2. The summed E-state index contributed by atoms with van der Waals surface area (Å²) < 4.78 is 8.62. The van der Waals surface area contributed by atoms with Gasteiger partial charge in [-0.25, -0.2) is 9.31 Å². The van der Waals surface area contributed by atoms with Crippen LogP contribution in [0.25, 0.3) is 16.6 Å². The average molecular weight is 418 g/mol. The molecule has 0 aliphatic heterocycles. The van der Waals surface area contributed by atoms with E-state index >= 15 is 0 Å². The normalized spacial score (nSPS) is 12.1. The number of anilines is 1. The highest BCUT2D eigenvalue weighted by Crippen LogP contribution is 2.25. The molecule has 0 aliphatic carbocycles. The number of aryl methyl sites for hydroxylation is 1. The number of ether oxygens (including phenoxy) is 1. The molecule has 0 fully saturated rings. The van der Waals surface area contributed by atoms with Crippen molar-refractivity contribution in [3.63, 3.8) is 0 Å². The molecule has 1 amide bonds. The van der Waals surface area contributed by atoms with Gasteiger partial charge in [0.25, 0.3) is 5.56 Å². The van der Waals surface area contributed by atoms with Crippen LogP contribution in [0.15, 0.2) is 59.4 Å². The summed E-state index contributed by atoms with van der Waals surface area (Å²) in [5.74, 6) is -0.721. The third kappa shape index (κ3) is 3.68. The minimum Gasteiger partial charge on any atom is -0.462 e. The van der Waals surface area contributed by atoms with E-state index in [2.05, 4.69) is 10.3 Å². The average Bonchev–Trinajstić information content (AvgIpc) is 3.08. The molecule has 2 aromatic carbocycles. The third-order valence-corrected chi connectivity index (χ3v) is 5.08. The van der Waals surface area contributed by atoms with Crippen LogP contribution in [0.3, 0.4) is 0 Å². The van der Waals surface area contributed by atoms with Gasteiger partial charge < -0.3 is 10.1 Å². The van der Waals surface area contributed by atoms with Crippen LogP contribution in [0.1, 0.15) is 35.9 Å². The Morgan fingerprint density at radius 3 is 2.68 bits per heavy atom. The summed E-state index contributed by atoms with van der Waals surface area (Å²) in [6, 6.07) is 14.9. The van der Waals surface area contributed by atoms with Gasteiger partial charge in [0.15, 0.2) is 5.65 Å². The molecular formula is C23H22N4O4. The van der Waals surface area contributed by atoms with Gasteiger partial charge in [-0.05, 0) is 51.1 Å². The second-order valence-electron chi connectivity index (χ2n) is 7.20. The van der Waals surface area contributed by atoms with Crippen molar-refractivity contribution < 1.29 is 14.3 Å². The summed E-state index contributed by atoms with van der Waals surface area (Å²) in [6.07, 6.45) is 0. The van der Waals surface area contributed by atoms with Crippen molar-refractivity contribution in [2.45, 2.75) is 26.8 Å². The zero-order valence-electron chi connectivity index (χ0n) is 17.5. The lowest BCUT2D eigenvalue weighted by Gasteiger charge is -2.18. The topological polar surface area (TPSA) is 94.7 Å². The monoisotopic (exact) mass is 418 g/mol. The first-order valence-electron chi connectivity index (χ1n) is 9.98. The Balaban J connectivity index is 1.74. The largest absolute Gasteiger partial charge is 0.462 e. The molecule has 31 heavy (non-hydrogen) atoms. The van der Waals surface area contributed by atoms with Gasteiger partial charge in [0, 0.05) is 22.8 Å². The molecule has 1 atom stereocenters. The first-order chi connectivity index (χ1) is 14.9. The summed E-state index contributed by atoms with van der Waals surface area (Å²) in [5.41, 5.74) is 2.49. The van der Waals surface area contributed by atoms with E-state index in [1.807, 2.05) is 28.9 Å². The molecule has 0 unspecified atom stereocenters. The summed E-state index contributed by atoms with van der Waals surface area (Å²) in [5, 5.41) is 3.65. The number of esters is 1. The van der Waals surface area contributed by atoms with Crippen LogP contribution in [-0.4, -0.2) is 32.7 Å². The highest BCUT2D eigenvalue weighted by atomic mass is 16.5. The highest BCUT2D eigenvalue weighted by Gasteiger charge is 2.22. The third-order valence-electron chi connectivity index (χ3n) is 5.08. The Kier molecular flexibility index (Phi) is 5.29. The van der Waals surface area contributed by atoms with Crippen LogP contribution in [0.5, 0.6) is 0 Å². The number of para-hydroxylation sites is 1. The molecule has 0 saturated heterocycles. The summed E-state index contributed by atoms with van der Waals surface area (Å²) in [6.45, 7) is 5.59. The van der Waals surface area contributed by atoms with Crippen molar-refractivity contribution in [3.05, 3.63) is 76.2 Å². The number of carbonyl (C=O) groups excluding carboxylic acids is 2. The van der Waals surface area contributed by atoms with Crippen LogP contribution in [-0.2, 0) is 9.53 Å². The predicted molar refractivity (Wildman–Crippen MR) is 117 cm³/mol. The number of benzene rings is 2. The molecule has 0 radical (unpaired) electrons. The van der Waals surface area contributed by atoms with E-state index < -0.39 is 12.0 Å². The van der Waals surface area contributed by atoms with Crippen LogP contribution in [0.2, 0.25) is 0 Å². The maximum Gasteiger partial charge on any atom is 0.338 e. The minimum atomic E-state index is -0.628. The highest BCUT2D eigenvalue weighted by molar-refractivity contribution is 5.98. The van der Waals surface area contributed by atoms with E-state index in [0.717, 1.165) is 10.9 Å². The van der Waals surface area contributed by atoms with Crippen LogP contribution in [0, 0.1) is 6.92 Å². The second-order valence-corrected chi connectivity index (χ2v) is 7.20. The summed E-state index contributed by atoms with van der Waals surface area (Å²) in [4.78, 5) is 41.3. The van der Waals surface area contributed by atoms with Crippen LogP contribution >= 0.6 is 0 Å². The van der Waals surface area contributed by atoms with Crippen molar-refractivity contribution in [2.24, 2.45) is 0 Å². The van der Waals surface area contributed by atoms with Gasteiger partial charge in [-0.1, -0.05) is 18.2 Å². The Hall–Kier alpha value is -3.94. The molecule has 158 valence electrons. The smallest absolute Gasteiger partial charge is 0.338 e. The lowest BCUT2D eigenvalue weighted by molar-refractivity contribution is -0.119. The Morgan fingerprint density at radius 2 is 1.90 bits per heavy atom. The van der Waals surface area contributed by atoms with Crippen molar-refractivity contribution in [3.8, 4) is 0 Å². The van der Waals surface area contributed by atoms with Gasteiger partial charge >= 0.3 is 5.97 Å². The number of amides is 1. The van der Waals surface area contributed by atoms with E-state index in [1.54, 1.807) is 49.6 Å². The second kappa shape index (κ2) is 8.06.